The normalized spacial score (nSPS) is 12.7. The molecule has 138 valence electrons. The number of hydrogen-bond donors (Lipinski definition) is 3. The van der Waals surface area contributed by atoms with Crippen molar-refractivity contribution in [1.29, 1.82) is 0 Å². The van der Waals surface area contributed by atoms with Crippen molar-refractivity contribution in [3.8, 4) is 0 Å². The van der Waals surface area contributed by atoms with E-state index < -0.39 is 12.1 Å². The van der Waals surface area contributed by atoms with Crippen LogP contribution < -0.4 is 16.0 Å². The van der Waals surface area contributed by atoms with Crippen LogP contribution in [0.2, 0.25) is 0 Å². The van der Waals surface area contributed by atoms with E-state index in [0.717, 1.165) is 6.42 Å². The number of amides is 4. The smallest absolute Gasteiger partial charge is 0.319 e. The number of carbonyl (C=O) groups is 3. The van der Waals surface area contributed by atoms with Crippen LogP contribution in [0, 0.1) is 0 Å². The zero-order valence-electron chi connectivity index (χ0n) is 15.6. The zero-order valence-corrected chi connectivity index (χ0v) is 15.6. The van der Waals surface area contributed by atoms with Gasteiger partial charge in [-0.2, -0.15) is 0 Å². The lowest BCUT2D eigenvalue weighted by atomic mass is 10.1. The number of urea groups is 1. The SMILES string of the molecule is CC[C@H](C)NC(=O)[C@@H](C)NC(=O)Nc1ccccc1CC(=O)N(C)C. The Bertz CT molecular complexity index is 616. The highest BCUT2D eigenvalue weighted by atomic mass is 16.2. The molecule has 0 saturated heterocycles. The van der Waals surface area contributed by atoms with Crippen LogP contribution >= 0.6 is 0 Å². The highest BCUT2D eigenvalue weighted by Gasteiger charge is 2.18. The summed E-state index contributed by atoms with van der Waals surface area (Å²) in [4.78, 5) is 37.5. The number of likely N-dealkylation sites (N-methyl/N-ethyl adjacent to an activating group) is 1. The van der Waals surface area contributed by atoms with Crippen LogP contribution in [0.15, 0.2) is 24.3 Å². The summed E-state index contributed by atoms with van der Waals surface area (Å²) in [7, 11) is 3.37. The summed E-state index contributed by atoms with van der Waals surface area (Å²) in [5.41, 5.74) is 1.26. The summed E-state index contributed by atoms with van der Waals surface area (Å²) in [5.74, 6) is -0.295. The average molecular weight is 348 g/mol. The Labute approximate surface area is 149 Å². The molecular formula is C18H28N4O3. The molecule has 0 saturated carbocycles. The number of hydrogen-bond acceptors (Lipinski definition) is 3. The summed E-state index contributed by atoms with van der Waals surface area (Å²) in [6, 6.07) is 6.00. The van der Waals surface area contributed by atoms with Gasteiger partial charge in [0.2, 0.25) is 11.8 Å². The minimum Gasteiger partial charge on any atom is -0.352 e. The first-order chi connectivity index (χ1) is 11.7. The van der Waals surface area contributed by atoms with Gasteiger partial charge in [0.25, 0.3) is 0 Å². The summed E-state index contributed by atoms with van der Waals surface area (Å²) in [6.45, 7) is 5.50. The van der Waals surface area contributed by atoms with E-state index in [1.807, 2.05) is 19.9 Å². The lowest BCUT2D eigenvalue weighted by Crippen LogP contribution is -2.48. The highest BCUT2D eigenvalue weighted by molar-refractivity contribution is 5.94. The van der Waals surface area contributed by atoms with Crippen LogP contribution in [0.4, 0.5) is 10.5 Å². The van der Waals surface area contributed by atoms with Gasteiger partial charge < -0.3 is 20.9 Å². The molecule has 3 N–H and O–H groups in total. The Hall–Kier alpha value is -2.57. The van der Waals surface area contributed by atoms with Crippen molar-refractivity contribution in [2.24, 2.45) is 0 Å². The van der Waals surface area contributed by atoms with E-state index in [2.05, 4.69) is 16.0 Å². The van der Waals surface area contributed by atoms with E-state index in [4.69, 9.17) is 0 Å². The molecule has 0 fully saturated rings. The Morgan fingerprint density at radius 1 is 1.08 bits per heavy atom. The monoisotopic (exact) mass is 348 g/mol. The van der Waals surface area contributed by atoms with Gasteiger partial charge in [0.1, 0.15) is 6.04 Å². The molecular weight excluding hydrogens is 320 g/mol. The maximum atomic E-state index is 12.2. The topological polar surface area (TPSA) is 90.5 Å². The fourth-order valence-electron chi connectivity index (χ4n) is 2.01. The molecule has 7 heteroatoms. The van der Waals surface area contributed by atoms with Crippen LogP contribution in [0.25, 0.3) is 0 Å². The second-order valence-electron chi connectivity index (χ2n) is 6.26. The lowest BCUT2D eigenvalue weighted by molar-refractivity contribution is -0.128. The zero-order chi connectivity index (χ0) is 19.0. The fourth-order valence-corrected chi connectivity index (χ4v) is 2.01. The standard InChI is InChI=1S/C18H28N4O3/c1-6-12(2)19-17(24)13(3)20-18(25)21-15-10-8-7-9-14(15)11-16(23)22(4)5/h7-10,12-13H,6,11H2,1-5H3,(H,19,24)(H2,20,21,25)/t12-,13+/m0/s1. The van der Waals surface area contributed by atoms with Gasteiger partial charge in [-0.05, 0) is 31.9 Å². The number of carbonyl (C=O) groups excluding carboxylic acids is 3. The van der Waals surface area contributed by atoms with Gasteiger partial charge in [0.05, 0.1) is 6.42 Å². The molecule has 0 radical (unpaired) electrons. The maximum Gasteiger partial charge on any atom is 0.319 e. The first-order valence-corrected chi connectivity index (χ1v) is 8.40. The van der Waals surface area contributed by atoms with Gasteiger partial charge in [-0.25, -0.2) is 4.79 Å². The highest BCUT2D eigenvalue weighted by Crippen LogP contribution is 2.16. The third kappa shape index (κ3) is 6.82. The molecule has 0 spiro atoms. The van der Waals surface area contributed by atoms with Crippen molar-refractivity contribution in [2.45, 2.75) is 45.7 Å². The second-order valence-corrected chi connectivity index (χ2v) is 6.26. The first-order valence-electron chi connectivity index (χ1n) is 8.40. The van der Waals surface area contributed by atoms with Crippen molar-refractivity contribution in [3.63, 3.8) is 0 Å². The van der Waals surface area contributed by atoms with Gasteiger partial charge in [-0.3, -0.25) is 9.59 Å². The van der Waals surface area contributed by atoms with Crippen LogP contribution in [0.3, 0.4) is 0 Å². The van der Waals surface area contributed by atoms with E-state index in [9.17, 15) is 14.4 Å². The second kappa shape index (κ2) is 9.66. The predicted octanol–water partition coefficient (Wildman–Crippen LogP) is 1.74. The molecule has 1 rings (SSSR count). The molecule has 2 atom stereocenters. The van der Waals surface area contributed by atoms with E-state index in [-0.39, 0.29) is 24.3 Å². The summed E-state index contributed by atoms with van der Waals surface area (Å²) >= 11 is 0. The molecule has 7 nitrogen and oxygen atoms in total. The Balaban J connectivity index is 2.68. The molecule has 4 amide bonds. The summed E-state index contributed by atoms with van der Waals surface area (Å²) < 4.78 is 0. The molecule has 0 aliphatic carbocycles. The van der Waals surface area contributed by atoms with Crippen LogP contribution in [-0.4, -0.2) is 48.9 Å². The number of nitrogens with zero attached hydrogens (tertiary/aromatic N) is 1. The fraction of sp³-hybridized carbons (Fsp3) is 0.500. The minimum absolute atomic E-state index is 0.0533. The quantitative estimate of drug-likeness (QED) is 0.701. The number of benzene rings is 1. The van der Waals surface area contributed by atoms with E-state index in [1.165, 1.54) is 4.90 Å². The lowest BCUT2D eigenvalue weighted by Gasteiger charge is -2.18. The molecule has 0 unspecified atom stereocenters. The Kier molecular flexibility index (Phi) is 7.91. The summed E-state index contributed by atoms with van der Waals surface area (Å²) in [5, 5.41) is 8.13. The summed E-state index contributed by atoms with van der Waals surface area (Å²) in [6.07, 6.45) is 1.01. The average Bonchev–Trinajstić information content (AvgIpc) is 2.55. The molecule has 0 bridgehead atoms. The molecule has 25 heavy (non-hydrogen) atoms. The first kappa shape index (κ1) is 20.5. The number of anilines is 1. The number of rotatable bonds is 7. The largest absolute Gasteiger partial charge is 0.352 e. The van der Waals surface area contributed by atoms with Gasteiger partial charge in [0, 0.05) is 25.8 Å². The molecule has 0 aliphatic rings. The van der Waals surface area contributed by atoms with Crippen molar-refractivity contribution >= 4 is 23.5 Å². The molecule has 0 aromatic heterocycles. The third-order valence-corrected chi connectivity index (χ3v) is 3.85. The van der Waals surface area contributed by atoms with Gasteiger partial charge in [-0.15, -0.1) is 0 Å². The van der Waals surface area contributed by atoms with Crippen LogP contribution in [-0.2, 0) is 16.0 Å². The van der Waals surface area contributed by atoms with Crippen molar-refractivity contribution < 1.29 is 14.4 Å². The Morgan fingerprint density at radius 2 is 1.72 bits per heavy atom. The van der Waals surface area contributed by atoms with Gasteiger partial charge in [-0.1, -0.05) is 25.1 Å². The molecule has 1 aromatic rings. The third-order valence-electron chi connectivity index (χ3n) is 3.85. The predicted molar refractivity (Wildman–Crippen MR) is 98.4 cm³/mol. The van der Waals surface area contributed by atoms with E-state index in [1.54, 1.807) is 39.2 Å². The number of nitrogens with one attached hydrogen (secondary N) is 3. The molecule has 0 aliphatic heterocycles. The molecule has 0 heterocycles. The van der Waals surface area contributed by atoms with Gasteiger partial charge in [0.15, 0.2) is 0 Å². The Morgan fingerprint density at radius 3 is 2.32 bits per heavy atom. The van der Waals surface area contributed by atoms with E-state index in [0.29, 0.717) is 11.3 Å². The van der Waals surface area contributed by atoms with Crippen molar-refractivity contribution in [2.75, 3.05) is 19.4 Å². The maximum absolute atomic E-state index is 12.2. The number of para-hydroxylation sites is 1. The minimum atomic E-state index is -0.662. The van der Waals surface area contributed by atoms with E-state index >= 15 is 0 Å². The van der Waals surface area contributed by atoms with Crippen LogP contribution in [0.5, 0.6) is 0 Å². The van der Waals surface area contributed by atoms with Crippen molar-refractivity contribution in [3.05, 3.63) is 29.8 Å². The van der Waals surface area contributed by atoms with Crippen LogP contribution in [0.1, 0.15) is 32.8 Å². The van der Waals surface area contributed by atoms with Gasteiger partial charge >= 0.3 is 6.03 Å². The molecule has 1 aromatic carbocycles. The van der Waals surface area contributed by atoms with Crippen molar-refractivity contribution in [1.82, 2.24) is 15.5 Å².